The third-order valence-electron chi connectivity index (χ3n) is 4.66. The highest BCUT2D eigenvalue weighted by Gasteiger charge is 2.20. The number of carbonyl (C=O) groups excluding carboxylic acids is 1. The van der Waals surface area contributed by atoms with Gasteiger partial charge in [-0.2, -0.15) is 0 Å². The number of amides is 1. The van der Waals surface area contributed by atoms with Gasteiger partial charge in [-0.15, -0.1) is 0 Å². The molecule has 7 nitrogen and oxygen atoms in total. The van der Waals surface area contributed by atoms with Crippen LogP contribution in [0.3, 0.4) is 0 Å². The van der Waals surface area contributed by atoms with Crippen LogP contribution in [-0.2, 0) is 33.8 Å². The van der Waals surface area contributed by atoms with Gasteiger partial charge < -0.3 is 19.9 Å². The van der Waals surface area contributed by atoms with Gasteiger partial charge in [0.25, 0.3) is 0 Å². The summed E-state index contributed by atoms with van der Waals surface area (Å²) in [4.78, 5) is 27.9. The van der Waals surface area contributed by atoms with Crippen molar-refractivity contribution >= 4 is 23.0 Å². The number of hydrogen-bond acceptors (Lipinski definition) is 5. The number of nitrogens with zero attached hydrogens (tertiary/aromatic N) is 1. The van der Waals surface area contributed by atoms with Crippen LogP contribution in [0, 0.1) is 0 Å². The second kappa shape index (κ2) is 10.5. The summed E-state index contributed by atoms with van der Waals surface area (Å²) in [5.74, 6) is -0.996. The minimum atomic E-state index is -0.996. The fourth-order valence-electron chi connectivity index (χ4n) is 3.25. The average molecular weight is 422 g/mol. The minimum absolute atomic E-state index is 0.141. The van der Waals surface area contributed by atoms with E-state index < -0.39 is 18.2 Å². The first kappa shape index (κ1) is 22.2. The van der Waals surface area contributed by atoms with Crippen LogP contribution in [-0.4, -0.2) is 34.4 Å². The van der Waals surface area contributed by atoms with Crippen molar-refractivity contribution < 1.29 is 24.2 Å². The van der Waals surface area contributed by atoms with E-state index in [-0.39, 0.29) is 25.7 Å². The smallest absolute Gasteiger partial charge is 0.407 e. The van der Waals surface area contributed by atoms with Crippen LogP contribution >= 0.6 is 0 Å². The number of alkyl carbamates (subject to hydrolysis) is 1. The van der Waals surface area contributed by atoms with Gasteiger partial charge in [-0.25, -0.2) is 9.59 Å². The molecule has 1 amide bonds. The Morgan fingerprint density at radius 3 is 2.61 bits per heavy atom. The second-order valence-electron chi connectivity index (χ2n) is 7.45. The molecule has 0 saturated carbocycles. The molecular weight excluding hydrogens is 396 g/mol. The van der Waals surface area contributed by atoms with Crippen molar-refractivity contribution in [3.63, 3.8) is 0 Å². The predicted molar refractivity (Wildman–Crippen MR) is 117 cm³/mol. The van der Waals surface area contributed by atoms with Crippen molar-refractivity contribution in [3.8, 4) is 0 Å². The monoisotopic (exact) mass is 422 g/mol. The van der Waals surface area contributed by atoms with Crippen molar-refractivity contribution in [2.24, 2.45) is 0 Å². The van der Waals surface area contributed by atoms with Crippen molar-refractivity contribution in [2.45, 2.75) is 45.6 Å². The van der Waals surface area contributed by atoms with E-state index >= 15 is 0 Å². The lowest BCUT2D eigenvalue weighted by Gasteiger charge is -2.17. The fourth-order valence-corrected chi connectivity index (χ4v) is 3.25. The maximum absolute atomic E-state index is 12.2. The van der Waals surface area contributed by atoms with Gasteiger partial charge in [0.1, 0.15) is 6.61 Å². The normalized spacial score (nSPS) is 12.0. The van der Waals surface area contributed by atoms with E-state index in [1.54, 1.807) is 20.0 Å². The van der Waals surface area contributed by atoms with E-state index in [2.05, 4.69) is 10.3 Å². The number of ether oxygens (including phenoxy) is 2. The number of hydrogen-bond donors (Lipinski definition) is 2. The lowest BCUT2D eigenvalue weighted by molar-refractivity contribution is -0.153. The Morgan fingerprint density at radius 2 is 1.84 bits per heavy atom. The number of aliphatic carboxylic acids is 1. The zero-order valence-electron chi connectivity index (χ0n) is 17.6. The van der Waals surface area contributed by atoms with Gasteiger partial charge in [0, 0.05) is 30.1 Å². The van der Waals surface area contributed by atoms with Gasteiger partial charge in [0.15, 0.2) is 6.10 Å². The molecule has 0 radical (unpaired) electrons. The molecule has 7 heteroatoms. The standard InChI is InChI=1S/C24H26N2O5/c1-16(2)31-22(23(27)28)13-17-6-5-7-18(12-17)14-26-24(29)30-15-19-10-11-25-21-9-4-3-8-20(19)21/h3-12,16,22H,13-15H2,1-2H3,(H,26,29)(H,27,28)/t22-/m0/s1. The van der Waals surface area contributed by atoms with Crippen molar-refractivity contribution in [2.75, 3.05) is 0 Å². The lowest BCUT2D eigenvalue weighted by atomic mass is 10.0. The summed E-state index contributed by atoms with van der Waals surface area (Å²) in [6, 6.07) is 16.9. The van der Waals surface area contributed by atoms with Crippen LogP contribution in [0.25, 0.3) is 10.9 Å². The summed E-state index contributed by atoms with van der Waals surface area (Å²) < 4.78 is 10.8. The lowest BCUT2D eigenvalue weighted by Crippen LogP contribution is -2.29. The average Bonchev–Trinajstić information content (AvgIpc) is 2.75. The van der Waals surface area contributed by atoms with Gasteiger partial charge in [-0.05, 0) is 37.1 Å². The number of nitrogens with one attached hydrogen (secondary N) is 1. The first-order chi connectivity index (χ1) is 14.9. The number of para-hydroxylation sites is 1. The molecule has 0 aliphatic carbocycles. The molecule has 3 aromatic rings. The molecule has 0 fully saturated rings. The molecule has 0 bridgehead atoms. The number of fused-ring (bicyclic) bond motifs is 1. The summed E-state index contributed by atoms with van der Waals surface area (Å²) in [5, 5.41) is 13.0. The molecule has 1 heterocycles. The third kappa shape index (κ3) is 6.52. The van der Waals surface area contributed by atoms with Crippen LogP contribution in [0.15, 0.2) is 60.8 Å². The fraction of sp³-hybridized carbons (Fsp3) is 0.292. The highest BCUT2D eigenvalue weighted by molar-refractivity contribution is 5.82. The summed E-state index contributed by atoms with van der Waals surface area (Å²) in [6.07, 6.45) is 0.318. The van der Waals surface area contributed by atoms with Crippen LogP contribution in [0.2, 0.25) is 0 Å². The molecule has 0 spiro atoms. The molecular formula is C24H26N2O5. The number of carboxylic acids is 1. The van der Waals surface area contributed by atoms with Gasteiger partial charge in [-0.3, -0.25) is 4.98 Å². The quantitative estimate of drug-likeness (QED) is 0.539. The van der Waals surface area contributed by atoms with E-state index in [9.17, 15) is 14.7 Å². The molecule has 0 aliphatic heterocycles. The van der Waals surface area contributed by atoms with Crippen molar-refractivity contribution in [1.29, 1.82) is 0 Å². The number of carbonyl (C=O) groups is 2. The van der Waals surface area contributed by atoms with Gasteiger partial charge in [-0.1, -0.05) is 42.5 Å². The summed E-state index contributed by atoms with van der Waals surface area (Å²) in [6.45, 7) is 4.02. The Labute approximate surface area is 181 Å². The van der Waals surface area contributed by atoms with E-state index in [1.165, 1.54) is 0 Å². The molecule has 0 unspecified atom stereocenters. The number of aromatic nitrogens is 1. The summed E-state index contributed by atoms with van der Waals surface area (Å²) in [5.41, 5.74) is 3.40. The Bertz CT molecular complexity index is 1050. The van der Waals surface area contributed by atoms with Gasteiger partial charge in [0.2, 0.25) is 0 Å². The van der Waals surface area contributed by atoms with E-state index in [0.717, 1.165) is 27.6 Å². The Hall–Kier alpha value is -3.45. The maximum atomic E-state index is 12.2. The molecule has 162 valence electrons. The van der Waals surface area contributed by atoms with E-state index in [0.29, 0.717) is 0 Å². The zero-order valence-corrected chi connectivity index (χ0v) is 17.6. The van der Waals surface area contributed by atoms with Crippen molar-refractivity contribution in [3.05, 3.63) is 77.5 Å². The van der Waals surface area contributed by atoms with E-state index in [4.69, 9.17) is 9.47 Å². The molecule has 1 atom stereocenters. The predicted octanol–water partition coefficient (Wildman–Crippen LogP) is 4.08. The molecule has 31 heavy (non-hydrogen) atoms. The number of carboxylic acid groups (broad SMARTS) is 1. The van der Waals surface area contributed by atoms with Gasteiger partial charge in [0.05, 0.1) is 11.6 Å². The summed E-state index contributed by atoms with van der Waals surface area (Å²) in [7, 11) is 0. The topological polar surface area (TPSA) is 97.8 Å². The SMILES string of the molecule is CC(C)O[C@@H](Cc1cccc(CNC(=O)OCc2ccnc3ccccc23)c1)C(=O)O. The number of benzene rings is 2. The second-order valence-corrected chi connectivity index (χ2v) is 7.45. The Morgan fingerprint density at radius 1 is 1.06 bits per heavy atom. The zero-order chi connectivity index (χ0) is 22.2. The first-order valence-electron chi connectivity index (χ1n) is 10.1. The molecule has 2 aromatic carbocycles. The molecule has 0 aliphatic rings. The first-order valence-corrected chi connectivity index (χ1v) is 10.1. The Kier molecular flexibility index (Phi) is 7.56. The molecule has 0 saturated heterocycles. The van der Waals surface area contributed by atoms with Gasteiger partial charge >= 0.3 is 12.1 Å². The van der Waals surface area contributed by atoms with Crippen LogP contribution < -0.4 is 5.32 Å². The van der Waals surface area contributed by atoms with Crippen LogP contribution in [0.5, 0.6) is 0 Å². The summed E-state index contributed by atoms with van der Waals surface area (Å²) >= 11 is 0. The number of pyridine rings is 1. The van der Waals surface area contributed by atoms with Crippen LogP contribution in [0.1, 0.15) is 30.5 Å². The minimum Gasteiger partial charge on any atom is -0.479 e. The molecule has 1 aromatic heterocycles. The molecule has 2 N–H and O–H groups in total. The maximum Gasteiger partial charge on any atom is 0.407 e. The van der Waals surface area contributed by atoms with Crippen LogP contribution in [0.4, 0.5) is 4.79 Å². The Balaban J connectivity index is 1.54. The highest BCUT2D eigenvalue weighted by Crippen LogP contribution is 2.17. The van der Waals surface area contributed by atoms with E-state index in [1.807, 2.05) is 54.6 Å². The van der Waals surface area contributed by atoms with Crippen molar-refractivity contribution in [1.82, 2.24) is 10.3 Å². The molecule has 3 rings (SSSR count). The third-order valence-corrected chi connectivity index (χ3v) is 4.66. The number of rotatable bonds is 9. The highest BCUT2D eigenvalue weighted by atomic mass is 16.5. The largest absolute Gasteiger partial charge is 0.479 e.